The maximum atomic E-state index is 12.0. The van der Waals surface area contributed by atoms with Crippen LogP contribution in [0.1, 0.15) is 33.1 Å². The molecule has 3 fully saturated rings. The average molecular weight is 251 g/mol. The summed E-state index contributed by atoms with van der Waals surface area (Å²) < 4.78 is 0. The first-order valence-corrected chi connectivity index (χ1v) is 7.36. The van der Waals surface area contributed by atoms with Crippen molar-refractivity contribution in [2.24, 2.45) is 5.92 Å². The predicted molar refractivity (Wildman–Crippen MR) is 71.4 cm³/mol. The van der Waals surface area contributed by atoms with Crippen molar-refractivity contribution in [2.45, 2.75) is 44.7 Å². The van der Waals surface area contributed by atoms with Gasteiger partial charge in [-0.25, -0.2) is 0 Å². The molecule has 1 amide bonds. The molecule has 0 aromatic carbocycles. The third-order valence-corrected chi connectivity index (χ3v) is 4.82. The van der Waals surface area contributed by atoms with E-state index in [0.29, 0.717) is 17.9 Å². The lowest BCUT2D eigenvalue weighted by molar-refractivity contribution is -0.134. The Morgan fingerprint density at radius 2 is 1.78 bits per heavy atom. The summed E-state index contributed by atoms with van der Waals surface area (Å²) in [6.07, 6.45) is 3.49. The summed E-state index contributed by atoms with van der Waals surface area (Å²) in [5.74, 6) is 0.791. The summed E-state index contributed by atoms with van der Waals surface area (Å²) in [7, 11) is 0. The molecule has 1 saturated carbocycles. The van der Waals surface area contributed by atoms with Gasteiger partial charge in [-0.3, -0.25) is 9.69 Å². The average Bonchev–Trinajstić information content (AvgIpc) is 3.13. The molecule has 2 heterocycles. The van der Waals surface area contributed by atoms with Crippen LogP contribution in [-0.2, 0) is 4.79 Å². The van der Waals surface area contributed by atoms with Gasteiger partial charge in [0, 0.05) is 43.7 Å². The molecule has 1 aliphatic carbocycles. The molecule has 2 saturated heterocycles. The van der Waals surface area contributed by atoms with Crippen LogP contribution in [0.5, 0.6) is 0 Å². The van der Waals surface area contributed by atoms with Crippen LogP contribution in [0.25, 0.3) is 0 Å². The van der Waals surface area contributed by atoms with E-state index in [0.717, 1.165) is 45.6 Å². The zero-order valence-corrected chi connectivity index (χ0v) is 11.6. The van der Waals surface area contributed by atoms with Crippen LogP contribution in [0.4, 0.5) is 0 Å². The van der Waals surface area contributed by atoms with Gasteiger partial charge in [-0.1, -0.05) is 0 Å². The third kappa shape index (κ3) is 2.28. The van der Waals surface area contributed by atoms with Gasteiger partial charge < -0.3 is 10.2 Å². The smallest absolute Gasteiger partial charge is 0.225 e. The fourth-order valence-corrected chi connectivity index (χ4v) is 3.49. The van der Waals surface area contributed by atoms with E-state index in [-0.39, 0.29) is 5.54 Å². The Labute approximate surface area is 110 Å². The minimum absolute atomic E-state index is 0.225. The first-order valence-electron chi connectivity index (χ1n) is 7.36. The largest absolute Gasteiger partial charge is 0.340 e. The highest BCUT2D eigenvalue weighted by atomic mass is 16.2. The second-order valence-corrected chi connectivity index (χ2v) is 6.59. The number of carbonyl (C=O) groups excluding carboxylic acids is 1. The zero-order chi connectivity index (χ0) is 12.8. The summed E-state index contributed by atoms with van der Waals surface area (Å²) in [5, 5.41) is 3.58. The maximum absolute atomic E-state index is 12.0. The molecule has 0 radical (unpaired) electrons. The van der Waals surface area contributed by atoms with Gasteiger partial charge in [-0.2, -0.15) is 0 Å². The fourth-order valence-electron chi connectivity index (χ4n) is 3.49. The van der Waals surface area contributed by atoms with E-state index >= 15 is 0 Å². The van der Waals surface area contributed by atoms with E-state index in [1.165, 1.54) is 6.42 Å². The zero-order valence-electron chi connectivity index (χ0n) is 11.6. The predicted octanol–water partition coefficient (Wildman–Crippen LogP) is 0.681. The molecule has 0 spiro atoms. The number of carbonyl (C=O) groups is 1. The normalized spacial score (nSPS) is 32.8. The Morgan fingerprint density at radius 3 is 2.28 bits per heavy atom. The highest BCUT2D eigenvalue weighted by molar-refractivity contribution is 5.81. The van der Waals surface area contributed by atoms with E-state index in [2.05, 4.69) is 29.0 Å². The van der Waals surface area contributed by atoms with Crippen molar-refractivity contribution < 1.29 is 4.79 Å². The number of nitrogens with one attached hydrogen (secondary N) is 1. The minimum atomic E-state index is 0.225. The molecule has 0 bridgehead atoms. The highest BCUT2D eigenvalue weighted by Crippen LogP contribution is 2.32. The SMILES string of the molecule is CC1(C)NCCC1N1CCN(C(=O)C2CC2)CC1. The standard InChI is InChI=1S/C14H25N3O/c1-14(2)12(5-6-15-14)16-7-9-17(10-8-16)13(18)11-3-4-11/h11-12,15H,3-10H2,1-2H3. The summed E-state index contributed by atoms with van der Waals surface area (Å²) in [5.41, 5.74) is 0.225. The number of nitrogens with zero attached hydrogens (tertiary/aromatic N) is 2. The van der Waals surface area contributed by atoms with Gasteiger partial charge in [-0.15, -0.1) is 0 Å². The molecule has 1 unspecified atom stereocenters. The Morgan fingerprint density at radius 1 is 1.11 bits per heavy atom. The molecule has 3 aliphatic rings. The molecule has 2 aliphatic heterocycles. The van der Waals surface area contributed by atoms with Crippen molar-refractivity contribution in [1.29, 1.82) is 0 Å². The van der Waals surface area contributed by atoms with Gasteiger partial charge in [0.2, 0.25) is 5.91 Å². The first-order chi connectivity index (χ1) is 8.58. The number of rotatable bonds is 2. The van der Waals surface area contributed by atoms with Gasteiger partial charge in [0.05, 0.1) is 0 Å². The van der Waals surface area contributed by atoms with Crippen molar-refractivity contribution in [3.8, 4) is 0 Å². The summed E-state index contributed by atoms with van der Waals surface area (Å²) in [6.45, 7) is 9.68. The molecule has 102 valence electrons. The Kier molecular flexibility index (Phi) is 3.10. The van der Waals surface area contributed by atoms with Crippen LogP contribution in [0.15, 0.2) is 0 Å². The molecule has 0 aromatic rings. The lowest BCUT2D eigenvalue weighted by Gasteiger charge is -2.42. The molecule has 3 rings (SSSR count). The number of piperazine rings is 1. The van der Waals surface area contributed by atoms with E-state index in [4.69, 9.17) is 0 Å². The Bertz CT molecular complexity index is 330. The first kappa shape index (κ1) is 12.4. The number of hydrogen-bond donors (Lipinski definition) is 1. The van der Waals surface area contributed by atoms with E-state index in [9.17, 15) is 4.79 Å². The summed E-state index contributed by atoms with van der Waals surface area (Å²) >= 11 is 0. The quantitative estimate of drug-likeness (QED) is 0.784. The second-order valence-electron chi connectivity index (χ2n) is 6.59. The van der Waals surface area contributed by atoms with Crippen LogP contribution in [0.2, 0.25) is 0 Å². The van der Waals surface area contributed by atoms with Crippen molar-refractivity contribution in [3.63, 3.8) is 0 Å². The van der Waals surface area contributed by atoms with Gasteiger partial charge in [-0.05, 0) is 39.7 Å². The fraction of sp³-hybridized carbons (Fsp3) is 0.929. The van der Waals surface area contributed by atoms with E-state index in [1.54, 1.807) is 0 Å². The number of hydrogen-bond acceptors (Lipinski definition) is 3. The highest BCUT2D eigenvalue weighted by Gasteiger charge is 2.40. The van der Waals surface area contributed by atoms with Gasteiger partial charge in [0.15, 0.2) is 0 Å². The van der Waals surface area contributed by atoms with Crippen LogP contribution in [-0.4, -0.2) is 60.0 Å². The molecule has 18 heavy (non-hydrogen) atoms. The Balaban J connectivity index is 1.55. The van der Waals surface area contributed by atoms with Gasteiger partial charge >= 0.3 is 0 Å². The van der Waals surface area contributed by atoms with Crippen LogP contribution in [0, 0.1) is 5.92 Å². The summed E-state index contributed by atoms with van der Waals surface area (Å²) in [4.78, 5) is 16.7. The molecule has 4 heteroatoms. The van der Waals surface area contributed by atoms with Crippen LogP contribution < -0.4 is 5.32 Å². The lowest BCUT2D eigenvalue weighted by Crippen LogP contribution is -2.57. The van der Waals surface area contributed by atoms with E-state index < -0.39 is 0 Å². The molecule has 1 atom stereocenters. The third-order valence-electron chi connectivity index (χ3n) is 4.82. The van der Waals surface area contributed by atoms with Crippen LogP contribution in [0.3, 0.4) is 0 Å². The van der Waals surface area contributed by atoms with Crippen molar-refractivity contribution in [3.05, 3.63) is 0 Å². The minimum Gasteiger partial charge on any atom is -0.340 e. The molecular formula is C14H25N3O. The molecule has 0 aromatic heterocycles. The summed E-state index contributed by atoms with van der Waals surface area (Å²) in [6, 6.07) is 0.635. The van der Waals surface area contributed by atoms with Crippen molar-refractivity contribution in [1.82, 2.24) is 15.1 Å². The lowest BCUT2D eigenvalue weighted by atomic mass is 9.94. The monoisotopic (exact) mass is 251 g/mol. The molecular weight excluding hydrogens is 226 g/mol. The molecule has 4 nitrogen and oxygen atoms in total. The second kappa shape index (κ2) is 4.49. The van der Waals surface area contributed by atoms with Crippen LogP contribution >= 0.6 is 0 Å². The van der Waals surface area contributed by atoms with E-state index in [1.807, 2.05) is 0 Å². The Hall–Kier alpha value is -0.610. The van der Waals surface area contributed by atoms with Crippen molar-refractivity contribution in [2.75, 3.05) is 32.7 Å². The van der Waals surface area contributed by atoms with Gasteiger partial charge in [0.25, 0.3) is 0 Å². The number of amides is 1. The maximum Gasteiger partial charge on any atom is 0.225 e. The van der Waals surface area contributed by atoms with Gasteiger partial charge in [0.1, 0.15) is 0 Å². The van der Waals surface area contributed by atoms with Crippen molar-refractivity contribution >= 4 is 5.91 Å². The molecule has 1 N–H and O–H groups in total. The topological polar surface area (TPSA) is 35.6 Å².